The smallest absolute Gasteiger partial charge is 0.326 e. The number of hydrogen-bond acceptors (Lipinski definition) is 19. The average molecular weight is 1260 g/mol. The van der Waals surface area contributed by atoms with E-state index in [0.717, 1.165) is 29.3 Å². The number of ether oxygens (including phenoxy) is 5. The maximum absolute atomic E-state index is 15.5. The Kier molecular flexibility index (Phi) is 22.9. The highest BCUT2D eigenvalue weighted by atomic mass is 35.5. The number of anilines is 1. The zero-order valence-corrected chi connectivity index (χ0v) is 50.0. The van der Waals surface area contributed by atoms with E-state index in [1.54, 1.807) is 48.9 Å². The van der Waals surface area contributed by atoms with Crippen LogP contribution >= 0.6 is 11.6 Å². The highest BCUT2D eigenvalue weighted by Crippen LogP contribution is 2.37. The maximum Gasteiger partial charge on any atom is 0.326 e. The molecule has 6 heterocycles. The normalized spacial score (nSPS) is 12.1. The lowest BCUT2D eigenvalue weighted by molar-refractivity contribution is -0.139. The van der Waals surface area contributed by atoms with E-state index in [1.165, 1.54) is 36.7 Å². The molecule has 0 aliphatic carbocycles. The Bertz CT molecular complexity index is 4090. The second kappa shape index (κ2) is 31.7. The number of carbonyl (C=O) groups is 3. The number of unbranched alkanes of at least 4 members (excludes halogenated alkanes) is 2. The van der Waals surface area contributed by atoms with Gasteiger partial charge in [-0.3, -0.25) is 19.1 Å². The van der Waals surface area contributed by atoms with E-state index in [9.17, 15) is 39.0 Å². The zero-order valence-electron chi connectivity index (χ0n) is 49.2. The number of carboxylic acid groups (broad SMARTS) is 1. The van der Waals surface area contributed by atoms with Crippen molar-refractivity contribution in [2.45, 2.75) is 84.3 Å². The number of aryl methyl sites for hydroxylation is 2. The summed E-state index contributed by atoms with van der Waals surface area (Å²) in [4.78, 5) is 74.6. The topological polar surface area (TPSA) is 331 Å². The second-order valence-corrected chi connectivity index (χ2v) is 21.2. The van der Waals surface area contributed by atoms with Crippen LogP contribution in [0.5, 0.6) is 6.01 Å². The van der Waals surface area contributed by atoms with Gasteiger partial charge in [-0.25, -0.2) is 38.5 Å². The predicted molar refractivity (Wildman–Crippen MR) is 325 cm³/mol. The minimum absolute atomic E-state index is 0.0433. The lowest BCUT2D eigenvalue weighted by Gasteiger charge is -2.20. The van der Waals surface area contributed by atoms with Gasteiger partial charge in [0, 0.05) is 78.3 Å². The van der Waals surface area contributed by atoms with Crippen LogP contribution in [0.2, 0.25) is 5.02 Å². The predicted octanol–water partition coefficient (Wildman–Crippen LogP) is 7.29. The number of aliphatic hydroxyl groups excluding tert-OH is 1. The molecule has 90 heavy (non-hydrogen) atoms. The number of amides is 2. The molecule has 28 heteroatoms. The second-order valence-electron chi connectivity index (χ2n) is 20.8. The average Bonchev–Trinajstić information content (AvgIpc) is 0.863. The molecule has 0 unspecified atom stereocenters. The number of pyridine rings is 2. The molecule has 9 aromatic rings. The van der Waals surface area contributed by atoms with Crippen LogP contribution in [0, 0.1) is 29.9 Å². The van der Waals surface area contributed by atoms with Gasteiger partial charge >= 0.3 is 12.0 Å². The summed E-state index contributed by atoms with van der Waals surface area (Å²) < 4.78 is 62.1. The van der Waals surface area contributed by atoms with Crippen molar-refractivity contribution in [3.63, 3.8) is 0 Å². The maximum atomic E-state index is 15.5. The van der Waals surface area contributed by atoms with Crippen LogP contribution in [0.3, 0.4) is 0 Å². The van der Waals surface area contributed by atoms with Gasteiger partial charge in [0.1, 0.15) is 41.2 Å². The van der Waals surface area contributed by atoms with E-state index in [2.05, 4.69) is 56.2 Å². The van der Waals surface area contributed by atoms with Crippen LogP contribution in [-0.2, 0) is 54.8 Å². The van der Waals surface area contributed by atoms with Gasteiger partial charge in [0.05, 0.1) is 116 Å². The number of carboxylic acids is 1. The number of aromatic amines is 1. The third-order valence-corrected chi connectivity index (χ3v) is 14.7. The number of nitrogens with zero attached hydrogens (tertiary/aromatic N) is 10. The largest absolute Gasteiger partial charge is 0.480 e. The van der Waals surface area contributed by atoms with Crippen LogP contribution in [0.25, 0.3) is 44.1 Å². The fourth-order valence-electron chi connectivity index (χ4n) is 9.63. The Morgan fingerprint density at radius 2 is 1.62 bits per heavy atom. The molecule has 470 valence electrons. The minimum Gasteiger partial charge on any atom is -0.480 e. The van der Waals surface area contributed by atoms with Crippen LogP contribution in [0.1, 0.15) is 89.3 Å². The molecule has 2 atom stereocenters. The number of carbonyl (C=O) groups excluding carboxylic acids is 2. The Balaban J connectivity index is 0.574. The molecule has 25 nitrogen and oxygen atoms in total. The number of aliphatic carboxylic acids is 1. The van der Waals surface area contributed by atoms with Gasteiger partial charge in [-0.2, -0.15) is 5.26 Å². The summed E-state index contributed by atoms with van der Waals surface area (Å²) in [5, 5.41) is 46.6. The van der Waals surface area contributed by atoms with Gasteiger partial charge in [-0.1, -0.05) is 22.9 Å². The number of halogens is 3. The molecule has 0 aliphatic heterocycles. The third kappa shape index (κ3) is 17.5. The van der Waals surface area contributed by atoms with Gasteiger partial charge in [0.25, 0.3) is 11.5 Å². The molecule has 0 saturated heterocycles. The number of aliphatic hydroxyl groups is 1. The molecule has 3 aromatic carbocycles. The standard InChI is InChI=1S/C62H65ClF2N14O11/c1-37(45-26-39(30-66)6-9-47(45)64)71-58-55(63)38(2)70-51-29-48(65)56(75-57(51)58)43-31-68-62(69-32-43)90-18-5-3-4-16-79-34-44(76-77-79)36-89-25-24-88-23-22-87-21-20-86-19-15-67-54(81)13-11-50(61(84)85)73-59(82)42-8-12-52-41(28-42)14-17-78(52)33-40-7-10-49-46(27-40)60(83)74-53(35-80)72-49/h6-10,12,14,17,26-29,31-32,34,37,50,80H,3-5,11,13,15-16,18-25,33,35-36H2,1-2H3,(H,67,81)(H,70,71)(H,73,82)(H,84,85)(H,72,74,83)/t37-,50+/m1/s1. The molecular formula is C62H65ClF2N14O11. The molecule has 0 radical (unpaired) electrons. The lowest BCUT2D eigenvalue weighted by Crippen LogP contribution is -2.41. The molecule has 6 N–H and O–H groups in total. The molecular weight excluding hydrogens is 1190 g/mol. The van der Waals surface area contributed by atoms with Crippen LogP contribution in [-0.4, -0.2) is 143 Å². The number of hydrogen-bond donors (Lipinski definition) is 6. The summed E-state index contributed by atoms with van der Waals surface area (Å²) in [5.41, 5.74) is 4.72. The van der Waals surface area contributed by atoms with Crippen molar-refractivity contribution >= 4 is 67.9 Å². The molecule has 2 amide bonds. The first-order valence-electron chi connectivity index (χ1n) is 28.9. The number of nitriles is 1. The van der Waals surface area contributed by atoms with E-state index in [1.807, 2.05) is 35.2 Å². The molecule has 9 rings (SSSR count). The van der Waals surface area contributed by atoms with E-state index in [4.69, 9.17) is 35.3 Å². The van der Waals surface area contributed by atoms with Crippen LogP contribution < -0.4 is 26.2 Å². The van der Waals surface area contributed by atoms with Crippen molar-refractivity contribution in [3.05, 3.63) is 158 Å². The number of fused-ring (bicyclic) bond motifs is 3. The molecule has 0 aliphatic rings. The Morgan fingerprint density at radius 3 is 2.38 bits per heavy atom. The van der Waals surface area contributed by atoms with Crippen LogP contribution in [0.15, 0.2) is 96.3 Å². The number of H-pyrrole nitrogens is 1. The van der Waals surface area contributed by atoms with Crippen LogP contribution in [0.4, 0.5) is 14.5 Å². The van der Waals surface area contributed by atoms with E-state index in [0.29, 0.717) is 92.7 Å². The molecule has 0 saturated carbocycles. The Morgan fingerprint density at radius 1 is 0.856 bits per heavy atom. The quantitative estimate of drug-likeness (QED) is 0.0216. The number of rotatable bonds is 34. The van der Waals surface area contributed by atoms with Crippen molar-refractivity contribution in [1.29, 1.82) is 5.26 Å². The van der Waals surface area contributed by atoms with E-state index in [-0.39, 0.29) is 108 Å². The highest BCUT2D eigenvalue weighted by Gasteiger charge is 2.24. The van der Waals surface area contributed by atoms with Gasteiger partial charge in [-0.15, -0.1) is 5.10 Å². The van der Waals surface area contributed by atoms with Crippen molar-refractivity contribution in [2.75, 3.05) is 64.7 Å². The fourth-order valence-corrected chi connectivity index (χ4v) is 9.81. The molecule has 0 bridgehead atoms. The Labute approximate surface area is 518 Å². The minimum atomic E-state index is -1.30. The highest BCUT2D eigenvalue weighted by molar-refractivity contribution is 6.35. The summed E-state index contributed by atoms with van der Waals surface area (Å²) in [7, 11) is 0. The molecule has 0 fully saturated rings. The summed E-state index contributed by atoms with van der Waals surface area (Å²) in [6.45, 7) is 7.09. The van der Waals surface area contributed by atoms with Gasteiger partial charge in [0.15, 0.2) is 5.82 Å². The van der Waals surface area contributed by atoms with Gasteiger partial charge in [-0.05, 0) is 99.7 Å². The first kappa shape index (κ1) is 65.0. The van der Waals surface area contributed by atoms with Gasteiger partial charge in [0.2, 0.25) is 5.91 Å². The Hall–Kier alpha value is -9.43. The number of benzene rings is 3. The summed E-state index contributed by atoms with van der Waals surface area (Å²) in [5.74, 6) is -3.24. The van der Waals surface area contributed by atoms with E-state index < -0.39 is 35.6 Å². The third-order valence-electron chi connectivity index (χ3n) is 14.3. The first-order valence-corrected chi connectivity index (χ1v) is 29.3. The van der Waals surface area contributed by atoms with Crippen molar-refractivity contribution in [1.82, 2.24) is 60.1 Å². The van der Waals surface area contributed by atoms with Crippen molar-refractivity contribution in [3.8, 4) is 23.3 Å². The first-order chi connectivity index (χ1) is 43.6. The number of aromatic nitrogens is 10. The zero-order chi connectivity index (χ0) is 63.5. The summed E-state index contributed by atoms with van der Waals surface area (Å²) in [6.07, 6.45) is 8.59. The molecule has 0 spiro atoms. The number of nitrogens with one attached hydrogen (secondary N) is 4. The summed E-state index contributed by atoms with van der Waals surface area (Å²) in [6, 6.07) is 17.6. The van der Waals surface area contributed by atoms with Crippen molar-refractivity contribution < 1.29 is 57.1 Å². The van der Waals surface area contributed by atoms with Crippen molar-refractivity contribution in [2.24, 2.45) is 0 Å². The van der Waals surface area contributed by atoms with E-state index >= 15 is 4.39 Å². The summed E-state index contributed by atoms with van der Waals surface area (Å²) >= 11 is 6.68. The van der Waals surface area contributed by atoms with Gasteiger partial charge < -0.3 is 59.4 Å². The fraction of sp³-hybridized carbons (Fsp3) is 0.355. The SMILES string of the molecule is Cc1nc2cc(F)c(-c3cnc(OCCCCCn4cc(COCCOCCOCCOCCNC(=O)CC[C@H](NC(=O)c5ccc6c(ccn6Cc6ccc7nc(CO)[nH]c(=O)c7c6)c5)C(=O)O)nn4)nc3)nc2c(N[C@H](C)c2cc(C#N)ccc2F)c1Cl. The molecule has 6 aromatic heterocycles. The lowest BCUT2D eigenvalue weighted by atomic mass is 10.0. The monoisotopic (exact) mass is 1250 g/mol.